The van der Waals surface area contributed by atoms with E-state index in [2.05, 4.69) is 5.32 Å². The minimum Gasteiger partial charge on any atom is -0.462 e. The summed E-state index contributed by atoms with van der Waals surface area (Å²) in [7, 11) is 0. The molecule has 1 fully saturated rings. The van der Waals surface area contributed by atoms with E-state index in [0.717, 1.165) is 0 Å². The number of carbonyl (C=O) groups is 1. The number of rotatable bonds is 4. The molecule has 8 heteroatoms. The summed E-state index contributed by atoms with van der Waals surface area (Å²) < 4.78 is 10.8. The summed E-state index contributed by atoms with van der Waals surface area (Å²) in [5, 5.41) is 31.5. The number of nitrogens with one attached hydrogen (secondary N) is 1. The maximum absolute atomic E-state index is 10.9. The fraction of sp³-hybridized carbons (Fsp3) is 0.500. The van der Waals surface area contributed by atoms with E-state index < -0.39 is 37.3 Å². The molecule has 22 heavy (non-hydrogen) atoms. The van der Waals surface area contributed by atoms with Crippen molar-refractivity contribution in [2.24, 2.45) is 5.73 Å². The van der Waals surface area contributed by atoms with Crippen molar-refractivity contribution in [3.05, 3.63) is 24.3 Å². The summed E-state index contributed by atoms with van der Waals surface area (Å²) in [5.74, 6) is 0.198. The molecule has 6 N–H and O–H groups in total. The van der Waals surface area contributed by atoms with E-state index >= 15 is 0 Å². The summed E-state index contributed by atoms with van der Waals surface area (Å²) in [5.41, 5.74) is 6.29. The van der Waals surface area contributed by atoms with Crippen LogP contribution in [0.1, 0.15) is 6.92 Å². The van der Waals surface area contributed by atoms with Gasteiger partial charge in [-0.1, -0.05) is 0 Å². The standard InChI is InChI=1S/C14H20N2O6/c1-7(18)16-8-2-4-9(5-3-8)21-14-13(20)11(15)12(19)10(6-17)22-14/h2-5,10-14,17,19-20H,6,15H2,1H3,(H,16,18)/t10?,11-,12-,13?,14+/m1/s1. The van der Waals surface area contributed by atoms with Crippen molar-refractivity contribution < 1.29 is 29.6 Å². The van der Waals surface area contributed by atoms with Gasteiger partial charge in [0.15, 0.2) is 0 Å². The number of ether oxygens (including phenoxy) is 2. The Kier molecular flexibility index (Phi) is 5.33. The van der Waals surface area contributed by atoms with Crippen molar-refractivity contribution >= 4 is 11.6 Å². The van der Waals surface area contributed by atoms with Crippen molar-refractivity contribution in [3.63, 3.8) is 0 Å². The molecule has 122 valence electrons. The average molecular weight is 312 g/mol. The molecule has 1 heterocycles. The number of anilines is 1. The first-order chi connectivity index (χ1) is 10.4. The second-order valence-electron chi connectivity index (χ2n) is 5.11. The normalized spacial score (nSPS) is 31.6. The summed E-state index contributed by atoms with van der Waals surface area (Å²) in [4.78, 5) is 10.9. The smallest absolute Gasteiger partial charge is 0.228 e. The minimum atomic E-state index is -1.24. The molecule has 0 aromatic heterocycles. The molecule has 2 rings (SSSR count). The van der Waals surface area contributed by atoms with Crippen molar-refractivity contribution in [3.8, 4) is 5.75 Å². The summed E-state index contributed by atoms with van der Waals surface area (Å²) in [6.45, 7) is 0.960. The zero-order chi connectivity index (χ0) is 16.3. The van der Waals surface area contributed by atoms with Crippen LogP contribution in [0.25, 0.3) is 0 Å². The van der Waals surface area contributed by atoms with Crippen LogP contribution in [0.2, 0.25) is 0 Å². The maximum Gasteiger partial charge on any atom is 0.228 e. The van der Waals surface area contributed by atoms with Crippen LogP contribution >= 0.6 is 0 Å². The highest BCUT2D eigenvalue weighted by atomic mass is 16.7. The molecule has 2 unspecified atom stereocenters. The van der Waals surface area contributed by atoms with Crippen molar-refractivity contribution in [1.82, 2.24) is 0 Å². The number of hydrogen-bond acceptors (Lipinski definition) is 7. The third-order valence-corrected chi connectivity index (χ3v) is 3.36. The molecular formula is C14H20N2O6. The van der Waals surface area contributed by atoms with Crippen LogP contribution in [0.3, 0.4) is 0 Å². The topological polar surface area (TPSA) is 134 Å². The number of carbonyl (C=O) groups excluding carboxylic acids is 1. The molecule has 0 spiro atoms. The lowest BCUT2D eigenvalue weighted by molar-refractivity contribution is -0.247. The first-order valence-electron chi connectivity index (χ1n) is 6.84. The molecule has 0 aliphatic carbocycles. The number of amides is 1. The largest absolute Gasteiger partial charge is 0.462 e. The number of nitrogens with two attached hydrogens (primary N) is 1. The van der Waals surface area contributed by atoms with Crippen molar-refractivity contribution in [2.45, 2.75) is 37.6 Å². The van der Waals surface area contributed by atoms with Crippen LogP contribution in [0.15, 0.2) is 24.3 Å². The Hall–Kier alpha value is -1.71. The van der Waals surface area contributed by atoms with Crippen LogP contribution in [-0.4, -0.2) is 58.5 Å². The number of hydrogen-bond donors (Lipinski definition) is 5. The van der Waals surface area contributed by atoms with Gasteiger partial charge in [-0.05, 0) is 24.3 Å². The van der Waals surface area contributed by atoms with E-state index in [1.807, 2.05) is 0 Å². The maximum atomic E-state index is 10.9. The lowest BCUT2D eigenvalue weighted by Gasteiger charge is -2.40. The van der Waals surface area contributed by atoms with Crippen LogP contribution in [0, 0.1) is 0 Å². The lowest BCUT2D eigenvalue weighted by atomic mass is 9.97. The number of benzene rings is 1. The van der Waals surface area contributed by atoms with E-state index in [9.17, 15) is 15.0 Å². The zero-order valence-electron chi connectivity index (χ0n) is 12.0. The van der Waals surface area contributed by atoms with Gasteiger partial charge in [0.1, 0.15) is 24.1 Å². The predicted molar refractivity (Wildman–Crippen MR) is 77.1 cm³/mol. The molecule has 8 nitrogen and oxygen atoms in total. The third kappa shape index (κ3) is 3.73. The molecule has 1 aromatic carbocycles. The lowest BCUT2D eigenvalue weighted by Crippen LogP contribution is -2.63. The summed E-state index contributed by atoms with van der Waals surface area (Å²) in [6, 6.07) is 5.45. The Morgan fingerprint density at radius 1 is 1.32 bits per heavy atom. The molecule has 0 saturated carbocycles. The number of aliphatic hydroxyl groups is 3. The van der Waals surface area contributed by atoms with Crippen LogP contribution in [-0.2, 0) is 9.53 Å². The molecule has 0 radical (unpaired) electrons. The van der Waals surface area contributed by atoms with E-state index in [-0.39, 0.29) is 5.91 Å². The van der Waals surface area contributed by atoms with E-state index in [0.29, 0.717) is 11.4 Å². The molecule has 1 amide bonds. The third-order valence-electron chi connectivity index (χ3n) is 3.36. The Labute approximate surface area is 127 Å². The molecule has 0 bridgehead atoms. The zero-order valence-corrected chi connectivity index (χ0v) is 12.0. The Morgan fingerprint density at radius 3 is 2.50 bits per heavy atom. The van der Waals surface area contributed by atoms with E-state index in [1.54, 1.807) is 24.3 Å². The molecule has 1 aromatic rings. The first-order valence-corrected chi connectivity index (χ1v) is 6.84. The second kappa shape index (κ2) is 7.03. The van der Waals surface area contributed by atoms with Gasteiger partial charge in [-0.25, -0.2) is 0 Å². The molecule has 5 atom stereocenters. The van der Waals surface area contributed by atoms with Crippen LogP contribution < -0.4 is 15.8 Å². The fourth-order valence-electron chi connectivity index (χ4n) is 2.17. The summed E-state index contributed by atoms with van der Waals surface area (Å²) in [6.07, 6.45) is -4.46. The van der Waals surface area contributed by atoms with Crippen molar-refractivity contribution in [2.75, 3.05) is 11.9 Å². The van der Waals surface area contributed by atoms with Gasteiger partial charge >= 0.3 is 0 Å². The van der Waals surface area contributed by atoms with Gasteiger partial charge in [0.2, 0.25) is 12.2 Å². The first kappa shape index (κ1) is 16.7. The monoisotopic (exact) mass is 312 g/mol. The Balaban J connectivity index is 2.04. The van der Waals surface area contributed by atoms with Crippen molar-refractivity contribution in [1.29, 1.82) is 0 Å². The highest BCUT2D eigenvalue weighted by Crippen LogP contribution is 2.24. The van der Waals surface area contributed by atoms with Gasteiger partial charge in [-0.15, -0.1) is 0 Å². The quantitative estimate of drug-likeness (QED) is 0.471. The second-order valence-corrected chi connectivity index (χ2v) is 5.11. The van der Waals surface area contributed by atoms with E-state index in [1.165, 1.54) is 6.92 Å². The Morgan fingerprint density at radius 2 is 1.95 bits per heavy atom. The predicted octanol–water partition coefficient (Wildman–Crippen LogP) is -1.21. The van der Waals surface area contributed by atoms with Gasteiger partial charge in [0.05, 0.1) is 12.6 Å². The molecular weight excluding hydrogens is 292 g/mol. The average Bonchev–Trinajstić information content (AvgIpc) is 2.49. The SMILES string of the molecule is CC(=O)Nc1ccc(O[C@H]2OC(CO)[C@@H](O)[C@@H](N)C2O)cc1. The molecule has 1 aliphatic heterocycles. The van der Waals surface area contributed by atoms with Gasteiger partial charge in [0.25, 0.3) is 0 Å². The molecule has 1 aliphatic rings. The number of aliphatic hydroxyl groups excluding tert-OH is 3. The highest BCUT2D eigenvalue weighted by molar-refractivity contribution is 5.88. The minimum absolute atomic E-state index is 0.189. The molecule has 1 saturated heterocycles. The van der Waals surface area contributed by atoms with Gasteiger partial charge in [-0.2, -0.15) is 0 Å². The fourth-order valence-corrected chi connectivity index (χ4v) is 2.17. The Bertz CT molecular complexity index is 507. The summed E-state index contributed by atoms with van der Waals surface area (Å²) >= 11 is 0. The van der Waals surface area contributed by atoms with Gasteiger partial charge < -0.3 is 35.8 Å². The van der Waals surface area contributed by atoms with Gasteiger partial charge in [-0.3, -0.25) is 4.79 Å². The van der Waals surface area contributed by atoms with Gasteiger partial charge in [0, 0.05) is 12.6 Å². The van der Waals surface area contributed by atoms with Crippen LogP contribution in [0.5, 0.6) is 5.75 Å². The van der Waals surface area contributed by atoms with E-state index in [4.69, 9.17) is 20.3 Å². The van der Waals surface area contributed by atoms with Crippen LogP contribution in [0.4, 0.5) is 5.69 Å². The highest BCUT2D eigenvalue weighted by Gasteiger charge is 2.43.